The van der Waals surface area contributed by atoms with Gasteiger partial charge in [0.2, 0.25) is 0 Å². The number of fused-ring (bicyclic) bond motifs is 13. The van der Waals surface area contributed by atoms with Crippen LogP contribution in [0.15, 0.2) is 231 Å². The summed E-state index contributed by atoms with van der Waals surface area (Å²) in [5.41, 5.74) is 36.9. The van der Waals surface area contributed by atoms with Crippen molar-refractivity contribution in [2.24, 2.45) is 0 Å². The summed E-state index contributed by atoms with van der Waals surface area (Å²) in [5, 5.41) is 2.31. The molecule has 1 heterocycles. The summed E-state index contributed by atoms with van der Waals surface area (Å²) < 4.78 is 0. The second kappa shape index (κ2) is 22.4. The standard InChI is InChI=1S/C89H78N.Ir/c1-9-86(10-2)77-30-21-19-28-69(77)71-38-32-58(50-79(71)86)60-34-40-73-75-42-36-62(54-83(75)88(13-5,14-6)81(73)52-60)66-47-65(57-25-23-26-64(46-57)85-68-27-18-17-24-56(68)44-45-90-85)48-67(49-66)63-37-43-76-74-41-35-61(53-82(74)89(15-7,16-8)84(76)55-63)59-33-39-72-70-29-20-22-31-78(70)87(11-3,12-4)80(72)51-59;/h17-25,27-55H,9-16H2,1-8H3;/q-1;. The van der Waals surface area contributed by atoms with E-state index in [-0.39, 0.29) is 41.8 Å². The first kappa shape index (κ1) is 58.8. The summed E-state index contributed by atoms with van der Waals surface area (Å²) in [6, 6.07) is 90.8. The first-order valence-corrected chi connectivity index (χ1v) is 33.7. The van der Waals surface area contributed by atoms with E-state index in [1.54, 1.807) is 0 Å². The zero-order chi connectivity index (χ0) is 61.3. The third-order valence-electron chi connectivity index (χ3n) is 23.4. The Morgan fingerprint density at radius 1 is 0.275 bits per heavy atom. The molecule has 0 spiro atoms. The molecule has 0 aliphatic heterocycles. The third kappa shape index (κ3) is 8.47. The van der Waals surface area contributed by atoms with Crippen molar-refractivity contribution in [3.05, 3.63) is 281 Å². The summed E-state index contributed by atoms with van der Waals surface area (Å²) in [6.07, 6.45) is 10.3. The van der Waals surface area contributed by atoms with Gasteiger partial charge < -0.3 is 4.98 Å². The molecule has 12 aromatic rings. The Bertz CT molecular complexity index is 4650. The molecular formula is C89H78IrN-. The molecule has 0 saturated heterocycles. The predicted molar refractivity (Wildman–Crippen MR) is 380 cm³/mol. The normalized spacial score (nSPS) is 15.0. The molecule has 91 heavy (non-hydrogen) atoms. The van der Waals surface area contributed by atoms with Gasteiger partial charge in [-0.2, -0.15) is 0 Å². The Balaban J connectivity index is 0.00000689. The number of hydrogen-bond donors (Lipinski definition) is 0. The van der Waals surface area contributed by atoms with Crippen molar-refractivity contribution < 1.29 is 20.1 Å². The van der Waals surface area contributed by atoms with Gasteiger partial charge in [-0.05, 0) is 268 Å². The quantitative estimate of drug-likeness (QED) is 0.0989. The van der Waals surface area contributed by atoms with Gasteiger partial charge in [0, 0.05) is 48.0 Å². The van der Waals surface area contributed by atoms with Crippen molar-refractivity contribution in [1.29, 1.82) is 0 Å². The van der Waals surface area contributed by atoms with Crippen molar-refractivity contribution >= 4 is 10.8 Å². The number of hydrogen-bond acceptors (Lipinski definition) is 1. The fraction of sp³-hybridized carbons (Fsp3) is 0.225. The summed E-state index contributed by atoms with van der Waals surface area (Å²) >= 11 is 0. The van der Waals surface area contributed by atoms with Crippen LogP contribution in [0.3, 0.4) is 0 Å². The fourth-order valence-corrected chi connectivity index (χ4v) is 18.3. The van der Waals surface area contributed by atoms with Gasteiger partial charge in [-0.25, -0.2) is 0 Å². The van der Waals surface area contributed by atoms with E-state index in [0.29, 0.717) is 0 Å². The Labute approximate surface area is 553 Å². The second-order valence-corrected chi connectivity index (χ2v) is 26.5. The van der Waals surface area contributed by atoms with Crippen molar-refractivity contribution in [2.45, 2.75) is 128 Å². The van der Waals surface area contributed by atoms with Crippen LogP contribution in [0.25, 0.3) is 122 Å². The summed E-state index contributed by atoms with van der Waals surface area (Å²) in [5.74, 6) is 0. The topological polar surface area (TPSA) is 12.9 Å². The maximum absolute atomic E-state index is 4.98. The van der Waals surface area contributed by atoms with Crippen LogP contribution < -0.4 is 0 Å². The summed E-state index contributed by atoms with van der Waals surface area (Å²) in [7, 11) is 0. The zero-order valence-electron chi connectivity index (χ0n) is 53.9. The van der Waals surface area contributed by atoms with Gasteiger partial charge in [-0.15, -0.1) is 35.4 Å². The van der Waals surface area contributed by atoms with Gasteiger partial charge in [0.1, 0.15) is 0 Å². The average molecular weight is 1350 g/mol. The van der Waals surface area contributed by atoms with E-state index in [2.05, 4.69) is 286 Å². The number of benzene rings is 11. The Hall–Kier alpha value is -8.52. The Morgan fingerprint density at radius 3 is 0.934 bits per heavy atom. The molecule has 0 unspecified atom stereocenters. The number of pyridine rings is 1. The van der Waals surface area contributed by atoms with Crippen molar-refractivity contribution in [2.75, 3.05) is 0 Å². The van der Waals surface area contributed by atoms with Crippen LogP contribution in [0.4, 0.5) is 0 Å². The van der Waals surface area contributed by atoms with E-state index in [4.69, 9.17) is 4.98 Å². The molecule has 0 N–H and O–H groups in total. The van der Waals surface area contributed by atoms with Crippen molar-refractivity contribution in [3.8, 4) is 111 Å². The van der Waals surface area contributed by atoms with Gasteiger partial charge in [-0.3, -0.25) is 0 Å². The zero-order valence-corrected chi connectivity index (χ0v) is 56.3. The van der Waals surface area contributed by atoms with Gasteiger partial charge >= 0.3 is 0 Å². The largest absolute Gasteiger partial charge is 0.304 e. The smallest absolute Gasteiger partial charge is 0.0210 e. The molecular weight excluding hydrogens is 1280 g/mol. The Morgan fingerprint density at radius 2 is 0.571 bits per heavy atom. The van der Waals surface area contributed by atoms with E-state index in [0.717, 1.165) is 73.6 Å². The molecule has 1 radical (unpaired) electrons. The van der Waals surface area contributed by atoms with Crippen LogP contribution in [-0.2, 0) is 41.8 Å². The number of rotatable bonds is 14. The number of aromatic nitrogens is 1. The predicted octanol–water partition coefficient (Wildman–Crippen LogP) is 24.4. The monoisotopic (exact) mass is 1350 g/mol. The van der Waals surface area contributed by atoms with E-state index in [9.17, 15) is 0 Å². The van der Waals surface area contributed by atoms with Crippen LogP contribution in [0.5, 0.6) is 0 Å². The van der Waals surface area contributed by atoms with E-state index in [1.807, 2.05) is 6.20 Å². The van der Waals surface area contributed by atoms with Gasteiger partial charge in [-0.1, -0.05) is 201 Å². The second-order valence-electron chi connectivity index (χ2n) is 26.5. The van der Waals surface area contributed by atoms with Crippen LogP contribution in [0.1, 0.15) is 151 Å². The molecule has 4 aliphatic rings. The van der Waals surface area contributed by atoms with Gasteiger partial charge in [0.15, 0.2) is 0 Å². The average Bonchev–Trinajstić information content (AvgIpc) is 1.60. The van der Waals surface area contributed by atoms with Crippen molar-refractivity contribution in [1.82, 2.24) is 4.98 Å². The molecule has 449 valence electrons. The van der Waals surface area contributed by atoms with Crippen LogP contribution >= 0.6 is 0 Å². The SMILES string of the molecule is CCC1(CC)c2ccccc2-c2ccc(-c3ccc4c(c3)C(CC)(CC)c3cc(-c5cc(-c6cc[c-]c(-c7nccc8ccccc78)c6)cc(-c6ccc7c(c6)C(CC)(CC)c6cc(-c8ccc9c(c8)C(CC)(CC)c8ccccc8-9)ccc6-7)c5)ccc3-4)cc21.[Ir]. The third-order valence-corrected chi connectivity index (χ3v) is 23.4. The first-order valence-electron chi connectivity index (χ1n) is 33.7. The molecule has 16 rings (SSSR count). The molecule has 0 atom stereocenters. The molecule has 4 aliphatic carbocycles. The van der Waals surface area contributed by atoms with Crippen LogP contribution in [0.2, 0.25) is 0 Å². The first-order chi connectivity index (χ1) is 44.1. The minimum atomic E-state index is -0.142. The molecule has 0 bridgehead atoms. The molecule has 0 amide bonds. The molecule has 1 aromatic heterocycles. The fourth-order valence-electron chi connectivity index (χ4n) is 18.3. The minimum Gasteiger partial charge on any atom is -0.304 e. The maximum Gasteiger partial charge on any atom is 0.0210 e. The van der Waals surface area contributed by atoms with E-state index in [1.165, 1.54) is 144 Å². The molecule has 0 saturated carbocycles. The van der Waals surface area contributed by atoms with E-state index >= 15 is 0 Å². The van der Waals surface area contributed by atoms with Crippen LogP contribution in [-0.4, -0.2) is 4.98 Å². The molecule has 11 aromatic carbocycles. The molecule has 2 heteroatoms. The van der Waals surface area contributed by atoms with Gasteiger partial charge in [0.25, 0.3) is 0 Å². The molecule has 0 fully saturated rings. The molecule has 1 nitrogen and oxygen atoms in total. The van der Waals surface area contributed by atoms with Crippen molar-refractivity contribution in [3.63, 3.8) is 0 Å². The summed E-state index contributed by atoms with van der Waals surface area (Å²) in [4.78, 5) is 4.98. The Kier molecular flexibility index (Phi) is 14.5. The maximum atomic E-state index is 4.98. The minimum absolute atomic E-state index is 0. The van der Waals surface area contributed by atoms with Crippen LogP contribution in [0, 0.1) is 6.07 Å². The number of nitrogens with zero attached hydrogens (tertiary/aromatic N) is 1. The van der Waals surface area contributed by atoms with Gasteiger partial charge in [0.05, 0.1) is 0 Å². The van der Waals surface area contributed by atoms with E-state index < -0.39 is 0 Å². The summed E-state index contributed by atoms with van der Waals surface area (Å²) in [6.45, 7) is 19.1.